The third kappa shape index (κ3) is 2.32. The predicted molar refractivity (Wildman–Crippen MR) is 80.2 cm³/mol. The topological polar surface area (TPSA) is 33.7 Å². The van der Waals surface area contributed by atoms with E-state index in [2.05, 4.69) is 38.3 Å². The van der Waals surface area contributed by atoms with Crippen LogP contribution in [-0.2, 0) is 0 Å². The van der Waals surface area contributed by atoms with Gasteiger partial charge < -0.3 is 14.8 Å². The summed E-state index contributed by atoms with van der Waals surface area (Å²) in [6.45, 7) is 4.77. The molecule has 0 amide bonds. The van der Waals surface area contributed by atoms with Gasteiger partial charge in [-0.15, -0.1) is 0 Å². The molecule has 0 bridgehead atoms. The Kier molecular flexibility index (Phi) is 3.36. The van der Waals surface area contributed by atoms with Crippen LogP contribution in [0.1, 0.15) is 24.4 Å². The summed E-state index contributed by atoms with van der Waals surface area (Å²) in [5, 5.41) is 3.44. The normalized spacial score (nSPS) is 23.9. The Morgan fingerprint density at radius 1 is 1.15 bits per heavy atom. The number of benzene rings is 1. The number of nitrogens with zero attached hydrogens (tertiary/aromatic N) is 1. The average Bonchev–Trinajstić information content (AvgIpc) is 3.19. The van der Waals surface area contributed by atoms with Crippen molar-refractivity contribution in [3.05, 3.63) is 22.2 Å². The molecule has 0 spiro atoms. The molecule has 5 heteroatoms. The van der Waals surface area contributed by atoms with E-state index in [0.29, 0.717) is 12.8 Å². The molecule has 1 aromatic carbocycles. The van der Waals surface area contributed by atoms with Crippen LogP contribution in [-0.4, -0.2) is 37.9 Å². The molecular formula is C15H19BrN2O2. The van der Waals surface area contributed by atoms with Gasteiger partial charge in [0.15, 0.2) is 11.5 Å². The molecule has 1 N–H and O–H groups in total. The molecule has 1 saturated carbocycles. The highest BCUT2D eigenvalue weighted by Crippen LogP contribution is 2.49. The fourth-order valence-corrected chi connectivity index (χ4v) is 3.84. The highest BCUT2D eigenvalue weighted by molar-refractivity contribution is 9.10. The fourth-order valence-electron chi connectivity index (χ4n) is 3.28. The maximum absolute atomic E-state index is 5.56. The lowest BCUT2D eigenvalue weighted by molar-refractivity contribution is 0.155. The number of ether oxygens (including phenoxy) is 2. The van der Waals surface area contributed by atoms with E-state index in [-0.39, 0.29) is 0 Å². The van der Waals surface area contributed by atoms with Gasteiger partial charge in [-0.3, -0.25) is 4.90 Å². The molecule has 0 radical (unpaired) electrons. The molecule has 108 valence electrons. The van der Waals surface area contributed by atoms with E-state index in [1.54, 1.807) is 0 Å². The number of fused-ring (bicyclic) bond motifs is 1. The van der Waals surface area contributed by atoms with Gasteiger partial charge in [-0.25, -0.2) is 0 Å². The zero-order valence-electron chi connectivity index (χ0n) is 11.4. The van der Waals surface area contributed by atoms with Gasteiger partial charge in [0.2, 0.25) is 6.79 Å². The van der Waals surface area contributed by atoms with Gasteiger partial charge in [-0.1, -0.05) is 15.9 Å². The Balaban J connectivity index is 1.69. The molecule has 1 aliphatic carbocycles. The van der Waals surface area contributed by atoms with Crippen LogP contribution in [0.2, 0.25) is 0 Å². The Labute approximate surface area is 127 Å². The van der Waals surface area contributed by atoms with Crippen molar-refractivity contribution in [1.29, 1.82) is 0 Å². The summed E-state index contributed by atoms with van der Waals surface area (Å²) in [5.74, 6) is 2.55. The van der Waals surface area contributed by atoms with E-state index in [0.717, 1.165) is 48.1 Å². The summed E-state index contributed by atoms with van der Waals surface area (Å²) in [7, 11) is 0. The first kappa shape index (κ1) is 12.9. The van der Waals surface area contributed by atoms with Crippen molar-refractivity contribution in [2.75, 3.05) is 33.0 Å². The maximum Gasteiger partial charge on any atom is 0.231 e. The molecule has 2 fully saturated rings. The van der Waals surface area contributed by atoms with Crippen molar-refractivity contribution in [3.8, 4) is 11.5 Å². The zero-order chi connectivity index (χ0) is 13.5. The van der Waals surface area contributed by atoms with Gasteiger partial charge in [0.25, 0.3) is 0 Å². The quantitative estimate of drug-likeness (QED) is 0.918. The zero-order valence-corrected chi connectivity index (χ0v) is 13.0. The smallest absolute Gasteiger partial charge is 0.231 e. The lowest BCUT2D eigenvalue weighted by atomic mass is 9.99. The van der Waals surface area contributed by atoms with Crippen LogP contribution >= 0.6 is 15.9 Å². The first-order valence-electron chi connectivity index (χ1n) is 7.37. The van der Waals surface area contributed by atoms with Gasteiger partial charge in [0.05, 0.1) is 0 Å². The van der Waals surface area contributed by atoms with E-state index in [1.165, 1.54) is 18.4 Å². The van der Waals surface area contributed by atoms with E-state index >= 15 is 0 Å². The molecule has 20 heavy (non-hydrogen) atoms. The summed E-state index contributed by atoms with van der Waals surface area (Å²) in [6, 6.07) is 4.76. The van der Waals surface area contributed by atoms with Crippen LogP contribution in [0, 0.1) is 5.92 Å². The first-order chi connectivity index (χ1) is 9.83. The van der Waals surface area contributed by atoms with Gasteiger partial charge in [0.1, 0.15) is 0 Å². The van der Waals surface area contributed by atoms with Crippen molar-refractivity contribution in [1.82, 2.24) is 10.2 Å². The minimum atomic E-state index is 0.340. The maximum atomic E-state index is 5.56. The molecule has 4 nitrogen and oxygen atoms in total. The Hall–Kier alpha value is -0.780. The van der Waals surface area contributed by atoms with E-state index < -0.39 is 0 Å². The van der Waals surface area contributed by atoms with E-state index in [9.17, 15) is 0 Å². The molecule has 0 unspecified atom stereocenters. The standard InChI is InChI=1S/C15H19BrN2O2/c16-12-8-14-13(19-9-20-14)7-11(12)15(10-1-2-10)18-5-3-17-4-6-18/h7-8,10,15,17H,1-6,9H2/t15-/m0/s1. The molecule has 3 aliphatic rings. The minimum Gasteiger partial charge on any atom is -0.454 e. The third-order valence-corrected chi connectivity index (χ3v) is 5.11. The second-order valence-electron chi connectivity index (χ2n) is 5.80. The van der Waals surface area contributed by atoms with Crippen molar-refractivity contribution < 1.29 is 9.47 Å². The highest BCUT2D eigenvalue weighted by Gasteiger charge is 2.38. The number of nitrogens with one attached hydrogen (secondary N) is 1. The van der Waals surface area contributed by atoms with Crippen LogP contribution < -0.4 is 14.8 Å². The van der Waals surface area contributed by atoms with Gasteiger partial charge >= 0.3 is 0 Å². The monoisotopic (exact) mass is 338 g/mol. The predicted octanol–water partition coefficient (Wildman–Crippen LogP) is 2.53. The molecule has 1 saturated heterocycles. The lowest BCUT2D eigenvalue weighted by Crippen LogP contribution is -2.45. The second-order valence-corrected chi connectivity index (χ2v) is 6.65. The Morgan fingerprint density at radius 3 is 2.55 bits per heavy atom. The summed E-state index contributed by atoms with van der Waals surface area (Å²) < 4.78 is 12.2. The summed E-state index contributed by atoms with van der Waals surface area (Å²) in [6.07, 6.45) is 2.69. The van der Waals surface area contributed by atoms with Crippen LogP contribution in [0.3, 0.4) is 0 Å². The van der Waals surface area contributed by atoms with E-state index in [4.69, 9.17) is 9.47 Å². The van der Waals surface area contributed by atoms with E-state index in [1.807, 2.05) is 0 Å². The molecule has 1 aromatic rings. The second kappa shape index (κ2) is 5.20. The SMILES string of the molecule is Brc1cc2c(cc1[C@H](C1CC1)N1CCNCC1)OCO2. The molecule has 2 heterocycles. The minimum absolute atomic E-state index is 0.340. The van der Waals surface area contributed by atoms with Crippen LogP contribution in [0.4, 0.5) is 0 Å². The number of halogens is 1. The Bertz CT molecular complexity index is 513. The highest BCUT2D eigenvalue weighted by atomic mass is 79.9. The van der Waals surface area contributed by atoms with Crippen molar-refractivity contribution in [3.63, 3.8) is 0 Å². The van der Waals surface area contributed by atoms with Crippen molar-refractivity contribution >= 4 is 15.9 Å². The first-order valence-corrected chi connectivity index (χ1v) is 8.16. The summed E-state index contributed by atoms with van der Waals surface area (Å²) in [4.78, 5) is 2.62. The summed E-state index contributed by atoms with van der Waals surface area (Å²) in [5.41, 5.74) is 1.36. The van der Waals surface area contributed by atoms with Crippen molar-refractivity contribution in [2.45, 2.75) is 18.9 Å². The number of hydrogen-bond donors (Lipinski definition) is 1. The number of piperazine rings is 1. The lowest BCUT2D eigenvalue weighted by Gasteiger charge is -2.36. The molecule has 2 aliphatic heterocycles. The van der Waals surface area contributed by atoms with Crippen molar-refractivity contribution in [2.24, 2.45) is 5.92 Å². The third-order valence-electron chi connectivity index (χ3n) is 4.42. The van der Waals surface area contributed by atoms with Gasteiger partial charge in [0, 0.05) is 36.7 Å². The Morgan fingerprint density at radius 2 is 1.85 bits per heavy atom. The largest absolute Gasteiger partial charge is 0.454 e. The molecule has 1 atom stereocenters. The molecular weight excluding hydrogens is 320 g/mol. The number of hydrogen-bond acceptors (Lipinski definition) is 4. The molecule has 0 aromatic heterocycles. The van der Waals surface area contributed by atoms with Crippen LogP contribution in [0.25, 0.3) is 0 Å². The summed E-state index contributed by atoms with van der Waals surface area (Å²) >= 11 is 3.74. The van der Waals surface area contributed by atoms with Gasteiger partial charge in [-0.05, 0) is 36.5 Å². The van der Waals surface area contributed by atoms with Crippen LogP contribution in [0.15, 0.2) is 16.6 Å². The average molecular weight is 339 g/mol. The fraction of sp³-hybridized carbons (Fsp3) is 0.600. The molecule has 4 rings (SSSR count). The van der Waals surface area contributed by atoms with Gasteiger partial charge in [-0.2, -0.15) is 0 Å². The number of rotatable bonds is 3. The van der Waals surface area contributed by atoms with Crippen LogP contribution in [0.5, 0.6) is 11.5 Å².